The molecule has 4 heteroatoms. The van der Waals surface area contributed by atoms with Crippen molar-refractivity contribution in [1.82, 2.24) is 9.97 Å². The molecule has 0 atom stereocenters. The lowest BCUT2D eigenvalue weighted by Crippen LogP contribution is -2.10. The number of nitrogens with zero attached hydrogens (tertiary/aromatic N) is 2. The van der Waals surface area contributed by atoms with E-state index >= 15 is 0 Å². The van der Waals surface area contributed by atoms with Crippen molar-refractivity contribution in [2.75, 3.05) is 5.32 Å². The summed E-state index contributed by atoms with van der Waals surface area (Å²) in [6, 6.07) is 7.97. The zero-order valence-electron chi connectivity index (χ0n) is 8.70. The molecule has 1 aromatic heterocycles. The average molecular weight is 200 g/mol. The maximum atomic E-state index is 8.90. The van der Waals surface area contributed by atoms with Gasteiger partial charge in [-0.05, 0) is 26.0 Å². The number of hydrogen-bond acceptors (Lipinski definition) is 3. The number of nitriles is 1. The molecule has 1 aromatic carbocycles. The third-order valence-corrected chi connectivity index (χ3v) is 2.06. The number of rotatable bonds is 2. The van der Waals surface area contributed by atoms with Crippen LogP contribution in [0.25, 0.3) is 11.0 Å². The molecule has 0 saturated heterocycles. The summed E-state index contributed by atoms with van der Waals surface area (Å²) in [5.74, 6) is 0.711. The summed E-state index contributed by atoms with van der Waals surface area (Å²) in [6.45, 7) is 4.08. The Morgan fingerprint density at radius 1 is 1.47 bits per heavy atom. The highest BCUT2D eigenvalue weighted by Gasteiger charge is 2.06. The van der Waals surface area contributed by atoms with Crippen molar-refractivity contribution in [1.29, 1.82) is 5.26 Å². The van der Waals surface area contributed by atoms with E-state index in [0.717, 1.165) is 11.0 Å². The van der Waals surface area contributed by atoms with Crippen molar-refractivity contribution < 1.29 is 0 Å². The highest BCUT2D eigenvalue weighted by molar-refractivity contribution is 5.83. The van der Waals surface area contributed by atoms with E-state index in [-0.39, 0.29) is 0 Å². The Kier molecular flexibility index (Phi) is 2.30. The van der Waals surface area contributed by atoms with Gasteiger partial charge in [0.2, 0.25) is 5.95 Å². The van der Waals surface area contributed by atoms with E-state index < -0.39 is 0 Å². The first-order valence-corrected chi connectivity index (χ1v) is 4.86. The molecule has 0 aliphatic heterocycles. The molecule has 2 aromatic rings. The molecule has 0 aliphatic rings. The van der Waals surface area contributed by atoms with Crippen molar-refractivity contribution in [2.24, 2.45) is 0 Å². The van der Waals surface area contributed by atoms with Gasteiger partial charge in [0.05, 0.1) is 11.1 Å². The number of imidazole rings is 1. The molecule has 0 saturated carbocycles. The maximum Gasteiger partial charge on any atom is 0.201 e. The molecule has 2 N–H and O–H groups in total. The third kappa shape index (κ3) is 1.77. The van der Waals surface area contributed by atoms with E-state index in [0.29, 0.717) is 17.6 Å². The average Bonchev–Trinajstić information content (AvgIpc) is 2.58. The van der Waals surface area contributed by atoms with Crippen molar-refractivity contribution in [3.63, 3.8) is 0 Å². The van der Waals surface area contributed by atoms with Gasteiger partial charge in [-0.3, -0.25) is 0 Å². The van der Waals surface area contributed by atoms with Crippen LogP contribution in [0.15, 0.2) is 18.2 Å². The normalized spacial score (nSPS) is 10.5. The standard InChI is InChI=1S/C11H12N4/c1-7(2)13-11-14-9-5-3-4-8(6-12)10(9)15-11/h3-5,7H,1-2H3,(H2,13,14,15). The monoisotopic (exact) mass is 200 g/mol. The highest BCUT2D eigenvalue weighted by atomic mass is 15.1. The van der Waals surface area contributed by atoms with Crippen LogP contribution in [0.4, 0.5) is 5.95 Å². The predicted octanol–water partition coefficient (Wildman–Crippen LogP) is 2.25. The maximum absolute atomic E-state index is 8.90. The van der Waals surface area contributed by atoms with Crippen LogP contribution in [-0.4, -0.2) is 16.0 Å². The van der Waals surface area contributed by atoms with Crippen molar-refractivity contribution in [3.8, 4) is 6.07 Å². The molecule has 0 unspecified atom stereocenters. The second-order valence-electron chi connectivity index (χ2n) is 3.70. The van der Waals surface area contributed by atoms with Crippen LogP contribution in [-0.2, 0) is 0 Å². The predicted molar refractivity (Wildman–Crippen MR) is 59.6 cm³/mol. The fourth-order valence-corrected chi connectivity index (χ4v) is 1.46. The van der Waals surface area contributed by atoms with Crippen LogP contribution >= 0.6 is 0 Å². The van der Waals surface area contributed by atoms with E-state index in [4.69, 9.17) is 5.26 Å². The fourth-order valence-electron chi connectivity index (χ4n) is 1.46. The summed E-state index contributed by atoms with van der Waals surface area (Å²) in [4.78, 5) is 7.46. The summed E-state index contributed by atoms with van der Waals surface area (Å²) in [5, 5.41) is 12.1. The molecule has 0 radical (unpaired) electrons. The Labute approximate surface area is 87.9 Å². The minimum Gasteiger partial charge on any atom is -0.354 e. The molecule has 0 spiro atoms. The fraction of sp³-hybridized carbons (Fsp3) is 0.273. The van der Waals surface area contributed by atoms with Crippen molar-refractivity contribution in [3.05, 3.63) is 23.8 Å². The first-order valence-electron chi connectivity index (χ1n) is 4.86. The Balaban J connectivity index is 2.51. The summed E-state index contributed by atoms with van der Waals surface area (Å²) >= 11 is 0. The van der Waals surface area contributed by atoms with Crippen LogP contribution in [0, 0.1) is 11.3 Å². The number of nitrogens with one attached hydrogen (secondary N) is 2. The first kappa shape index (κ1) is 9.53. The zero-order valence-corrected chi connectivity index (χ0v) is 8.70. The molecule has 0 bridgehead atoms. The number of aromatic amines is 1. The Bertz CT molecular complexity index is 519. The van der Waals surface area contributed by atoms with Gasteiger partial charge in [-0.25, -0.2) is 4.98 Å². The van der Waals surface area contributed by atoms with E-state index in [1.54, 1.807) is 6.07 Å². The second kappa shape index (κ2) is 3.62. The first-order chi connectivity index (χ1) is 7.20. The number of fused-ring (bicyclic) bond motifs is 1. The van der Waals surface area contributed by atoms with Gasteiger partial charge in [-0.15, -0.1) is 0 Å². The Morgan fingerprint density at radius 2 is 2.27 bits per heavy atom. The zero-order chi connectivity index (χ0) is 10.8. The van der Waals surface area contributed by atoms with E-state index in [2.05, 4.69) is 21.4 Å². The SMILES string of the molecule is CC(C)Nc1nc2c(C#N)cccc2[nH]1. The lowest BCUT2D eigenvalue weighted by molar-refractivity contribution is 0.883. The number of anilines is 1. The lowest BCUT2D eigenvalue weighted by Gasteiger charge is -2.04. The molecule has 15 heavy (non-hydrogen) atoms. The van der Waals surface area contributed by atoms with Gasteiger partial charge < -0.3 is 10.3 Å². The van der Waals surface area contributed by atoms with Crippen molar-refractivity contribution >= 4 is 17.0 Å². The summed E-state index contributed by atoms with van der Waals surface area (Å²) in [5.41, 5.74) is 2.21. The van der Waals surface area contributed by atoms with Crippen LogP contribution < -0.4 is 5.32 Å². The van der Waals surface area contributed by atoms with Gasteiger partial charge in [-0.2, -0.15) is 5.26 Å². The number of aromatic nitrogens is 2. The number of H-pyrrole nitrogens is 1. The highest BCUT2D eigenvalue weighted by Crippen LogP contribution is 2.18. The van der Waals surface area contributed by atoms with Crippen LogP contribution in [0.1, 0.15) is 19.4 Å². The molecular weight excluding hydrogens is 188 g/mol. The minimum atomic E-state index is 0.316. The molecule has 4 nitrogen and oxygen atoms in total. The number of hydrogen-bond donors (Lipinski definition) is 2. The molecule has 1 heterocycles. The van der Waals surface area contributed by atoms with E-state index in [1.165, 1.54) is 0 Å². The molecule has 2 rings (SSSR count). The summed E-state index contributed by atoms with van der Waals surface area (Å²) in [7, 11) is 0. The van der Waals surface area contributed by atoms with Gasteiger partial charge in [0, 0.05) is 6.04 Å². The lowest BCUT2D eigenvalue weighted by atomic mass is 10.2. The molecule has 0 aliphatic carbocycles. The van der Waals surface area contributed by atoms with E-state index in [1.807, 2.05) is 26.0 Å². The summed E-state index contributed by atoms with van der Waals surface area (Å²) in [6.07, 6.45) is 0. The number of benzene rings is 1. The van der Waals surface area contributed by atoms with Crippen molar-refractivity contribution in [2.45, 2.75) is 19.9 Å². The Hall–Kier alpha value is -2.02. The number of para-hydroxylation sites is 1. The molecule has 0 fully saturated rings. The van der Waals surface area contributed by atoms with Crippen LogP contribution in [0.2, 0.25) is 0 Å². The topological polar surface area (TPSA) is 64.5 Å². The largest absolute Gasteiger partial charge is 0.354 e. The second-order valence-corrected chi connectivity index (χ2v) is 3.70. The third-order valence-electron chi connectivity index (χ3n) is 2.06. The van der Waals surface area contributed by atoms with Gasteiger partial charge >= 0.3 is 0 Å². The van der Waals surface area contributed by atoms with Gasteiger partial charge in [0.1, 0.15) is 11.6 Å². The molecule has 0 amide bonds. The van der Waals surface area contributed by atoms with Crippen LogP contribution in [0.5, 0.6) is 0 Å². The minimum absolute atomic E-state index is 0.316. The molecule has 76 valence electrons. The summed E-state index contributed by atoms with van der Waals surface area (Å²) < 4.78 is 0. The van der Waals surface area contributed by atoms with Crippen LogP contribution in [0.3, 0.4) is 0 Å². The van der Waals surface area contributed by atoms with Gasteiger partial charge in [0.25, 0.3) is 0 Å². The molecular formula is C11H12N4. The quantitative estimate of drug-likeness (QED) is 0.781. The van der Waals surface area contributed by atoms with E-state index in [9.17, 15) is 0 Å². The Morgan fingerprint density at radius 3 is 2.93 bits per heavy atom. The van der Waals surface area contributed by atoms with Gasteiger partial charge in [0.15, 0.2) is 0 Å². The smallest absolute Gasteiger partial charge is 0.201 e. The van der Waals surface area contributed by atoms with Gasteiger partial charge in [-0.1, -0.05) is 6.07 Å².